The van der Waals surface area contributed by atoms with Crippen LogP contribution >= 0.6 is 25.8 Å². The molecule has 0 spiro atoms. The van der Waals surface area contributed by atoms with Crippen LogP contribution in [-0.4, -0.2) is 5.34 Å². The highest BCUT2D eigenvalue weighted by Gasteiger charge is 2.02. The predicted molar refractivity (Wildman–Crippen MR) is 34.2 cm³/mol. The molecule has 0 aliphatic rings. The van der Waals surface area contributed by atoms with Gasteiger partial charge < -0.3 is 0 Å². The van der Waals surface area contributed by atoms with Gasteiger partial charge in [0.25, 0.3) is 0 Å². The molecule has 0 saturated heterocycles. The average Bonchev–Trinajstić information content (AvgIpc) is 2.01. The van der Waals surface area contributed by atoms with Gasteiger partial charge in [-0.15, -0.1) is 8.67 Å². The van der Waals surface area contributed by atoms with E-state index in [1.165, 1.54) is 0 Å². The van der Waals surface area contributed by atoms with Crippen LogP contribution in [0.5, 0.6) is 0 Å². The molecular formula is H3N5O4S2. The first-order chi connectivity index (χ1) is 5.35. The molecule has 0 fully saturated rings. The molecule has 0 aliphatic carbocycles. The van der Waals surface area contributed by atoms with Crippen LogP contribution in [0.1, 0.15) is 0 Å². The van der Waals surface area contributed by atoms with Crippen molar-refractivity contribution >= 4 is 25.8 Å². The number of thiol groups is 2. The van der Waals surface area contributed by atoms with Crippen LogP contribution in [0, 0.1) is 5.53 Å². The Balaban J connectivity index is 3.67. The first kappa shape index (κ1) is 10.5. The van der Waals surface area contributed by atoms with Gasteiger partial charge in [-0.2, -0.15) is 5.53 Å². The monoisotopic (exact) mass is 201 g/mol. The largest absolute Gasteiger partial charge is 0.183 e. The van der Waals surface area contributed by atoms with E-state index in [9.17, 15) is 0 Å². The van der Waals surface area contributed by atoms with Crippen molar-refractivity contribution in [1.82, 2.24) is 5.34 Å². The van der Waals surface area contributed by atoms with Crippen LogP contribution in [0.2, 0.25) is 0 Å². The zero-order chi connectivity index (χ0) is 8.53. The van der Waals surface area contributed by atoms with Crippen molar-refractivity contribution < 1.29 is 18.6 Å². The van der Waals surface area contributed by atoms with Crippen molar-refractivity contribution in [2.24, 2.45) is 15.7 Å². The van der Waals surface area contributed by atoms with Crippen LogP contribution in [0.3, 0.4) is 0 Å². The van der Waals surface area contributed by atoms with Gasteiger partial charge in [0.1, 0.15) is 0 Å². The summed E-state index contributed by atoms with van der Waals surface area (Å²) in [6.07, 6.45) is 0. The van der Waals surface area contributed by atoms with Crippen LogP contribution in [0.25, 0.3) is 0 Å². The molecule has 0 unspecified atom stereocenters. The summed E-state index contributed by atoms with van der Waals surface area (Å²) < 4.78 is 7.56. The summed E-state index contributed by atoms with van der Waals surface area (Å²) in [6, 6.07) is 0. The molecular weight excluding hydrogens is 198 g/mol. The minimum absolute atomic E-state index is 0.220. The number of hydrogen-bond donors (Lipinski definition) is 3. The first-order valence-electron chi connectivity index (χ1n) is 1.89. The molecule has 0 heterocycles. The topological polar surface area (TPSA) is 101 Å². The van der Waals surface area contributed by atoms with Gasteiger partial charge in [0.15, 0.2) is 0 Å². The fourth-order valence-corrected chi connectivity index (χ4v) is 0.266. The van der Waals surface area contributed by atoms with Gasteiger partial charge in [-0.1, -0.05) is 0 Å². The van der Waals surface area contributed by atoms with E-state index in [2.05, 4.69) is 60.1 Å². The predicted octanol–water partition coefficient (Wildman–Crippen LogP) is 1.02. The van der Waals surface area contributed by atoms with E-state index in [1.807, 2.05) is 0 Å². The summed E-state index contributed by atoms with van der Waals surface area (Å²) in [5.41, 5.74) is 6.17. The first-order valence-corrected chi connectivity index (χ1v) is 2.62. The Labute approximate surface area is 71.7 Å². The highest BCUT2D eigenvalue weighted by atomic mass is 32.1. The lowest BCUT2D eigenvalue weighted by Gasteiger charge is -2.05. The van der Waals surface area contributed by atoms with Crippen LogP contribution in [0.4, 0.5) is 0 Å². The van der Waals surface area contributed by atoms with Crippen molar-refractivity contribution in [1.29, 1.82) is 5.53 Å². The normalized spacial score (nSPS) is 10.4. The van der Waals surface area contributed by atoms with Crippen LogP contribution in [-0.2, 0) is 18.6 Å². The smallest absolute Gasteiger partial charge is 0.0525 e. The SMILES string of the molecule is N=N/N=N/N(OOS)OOS. The molecule has 1 N–H and O–H groups in total. The van der Waals surface area contributed by atoms with Crippen LogP contribution in [0.15, 0.2) is 15.7 Å². The Hall–Kier alpha value is -0.460. The van der Waals surface area contributed by atoms with E-state index in [1.54, 1.807) is 0 Å². The zero-order valence-electron chi connectivity index (χ0n) is 4.82. The number of nitrogens with zero attached hydrogens (tertiary/aromatic N) is 4. The fourth-order valence-electron chi connectivity index (χ4n) is 0.152. The third kappa shape index (κ3) is 5.96. The van der Waals surface area contributed by atoms with Gasteiger partial charge in [0, 0.05) is 31.0 Å². The molecule has 0 radical (unpaired) electrons. The summed E-state index contributed by atoms with van der Waals surface area (Å²) in [5.74, 6) is 0. The minimum atomic E-state index is 0.220. The van der Waals surface area contributed by atoms with Crippen molar-refractivity contribution in [2.45, 2.75) is 0 Å². The highest BCUT2D eigenvalue weighted by molar-refractivity contribution is 7.75. The zero-order valence-corrected chi connectivity index (χ0v) is 6.61. The molecule has 0 rings (SSSR count). The lowest BCUT2D eigenvalue weighted by atomic mass is 12.4. The summed E-state index contributed by atoms with van der Waals surface area (Å²) in [4.78, 5) is 7.96. The second kappa shape index (κ2) is 7.64. The standard InChI is InChI=1S/H3N5O4S2/c1-2-3-4-5(6-8-10)7-9-11/h1,10-11H/b2-1?,4-3+. The molecule has 11 heteroatoms. The maximum Gasteiger partial charge on any atom is 0.0525 e. The van der Waals surface area contributed by atoms with E-state index >= 15 is 0 Å². The summed E-state index contributed by atoms with van der Waals surface area (Å²) in [6.45, 7) is 0. The van der Waals surface area contributed by atoms with Crippen molar-refractivity contribution in [3.05, 3.63) is 0 Å². The molecule has 0 aromatic heterocycles. The molecule has 0 atom stereocenters. The third-order valence-electron chi connectivity index (χ3n) is 0.352. The third-order valence-corrected chi connectivity index (χ3v) is 0.485. The van der Waals surface area contributed by atoms with Gasteiger partial charge in [0.05, 0.1) is 5.34 Å². The van der Waals surface area contributed by atoms with Gasteiger partial charge in [-0.3, -0.25) is 0 Å². The Morgan fingerprint density at radius 2 is 1.73 bits per heavy atom. The second-order valence-electron chi connectivity index (χ2n) is 0.815. The lowest BCUT2D eigenvalue weighted by molar-refractivity contribution is -0.555. The Bertz CT molecular complexity index is 122. The number of hydrogen-bond acceptors (Lipinski definition) is 8. The summed E-state index contributed by atoms with van der Waals surface area (Å²) >= 11 is 6.34. The van der Waals surface area contributed by atoms with Crippen molar-refractivity contribution in [3.63, 3.8) is 0 Å². The minimum Gasteiger partial charge on any atom is -0.183 e. The van der Waals surface area contributed by atoms with Gasteiger partial charge in [-0.05, 0) is 20.4 Å². The van der Waals surface area contributed by atoms with Crippen LogP contribution < -0.4 is 0 Å². The maximum atomic E-state index is 6.17. The van der Waals surface area contributed by atoms with E-state index in [0.29, 0.717) is 0 Å². The van der Waals surface area contributed by atoms with E-state index in [0.717, 1.165) is 0 Å². The molecule has 0 aliphatic heterocycles. The average molecular weight is 201 g/mol. The number of rotatable bonds is 6. The fraction of sp³-hybridized carbons (Fsp3) is 0. The van der Waals surface area contributed by atoms with E-state index in [4.69, 9.17) is 5.53 Å². The lowest BCUT2D eigenvalue weighted by Crippen LogP contribution is -2.14. The summed E-state index contributed by atoms with van der Waals surface area (Å²) in [7, 11) is 0. The quantitative estimate of drug-likeness (QED) is 0.196. The molecule has 11 heavy (non-hydrogen) atoms. The van der Waals surface area contributed by atoms with Crippen molar-refractivity contribution in [3.8, 4) is 0 Å². The molecule has 0 saturated carbocycles. The molecule has 0 aromatic rings. The van der Waals surface area contributed by atoms with Gasteiger partial charge in [-0.25, -0.2) is 0 Å². The Morgan fingerprint density at radius 3 is 2.09 bits per heavy atom. The van der Waals surface area contributed by atoms with Gasteiger partial charge in [0.2, 0.25) is 0 Å². The molecule has 0 bridgehead atoms. The Morgan fingerprint density at radius 1 is 1.18 bits per heavy atom. The molecule has 0 amide bonds. The molecule has 64 valence electrons. The van der Waals surface area contributed by atoms with Gasteiger partial charge >= 0.3 is 0 Å². The van der Waals surface area contributed by atoms with Crippen molar-refractivity contribution in [2.75, 3.05) is 0 Å². The second-order valence-corrected chi connectivity index (χ2v) is 1.11. The summed E-state index contributed by atoms with van der Waals surface area (Å²) in [5, 5.41) is 8.41. The van der Waals surface area contributed by atoms with E-state index in [-0.39, 0.29) is 5.34 Å². The van der Waals surface area contributed by atoms with E-state index < -0.39 is 0 Å². The number of nitrogens with one attached hydrogen (secondary N) is 1. The maximum absolute atomic E-state index is 6.17. The molecule has 0 aromatic carbocycles. The molecule has 9 nitrogen and oxygen atoms in total. The highest BCUT2D eigenvalue weighted by Crippen LogP contribution is 1.99. The Kier molecular flexibility index (Phi) is 7.33.